The summed E-state index contributed by atoms with van der Waals surface area (Å²) in [6.45, 7) is 0.479. The maximum absolute atomic E-state index is 11.5. The third-order valence-corrected chi connectivity index (χ3v) is 4.18. The van der Waals surface area contributed by atoms with Crippen molar-refractivity contribution in [3.8, 4) is 0 Å². The molecule has 1 unspecified atom stereocenters. The van der Waals surface area contributed by atoms with E-state index in [1.54, 1.807) is 0 Å². The highest BCUT2D eigenvalue weighted by Crippen LogP contribution is 2.25. The molecule has 14 heavy (non-hydrogen) atoms. The van der Waals surface area contributed by atoms with Crippen LogP contribution in [0.1, 0.15) is 32.1 Å². The molecule has 80 valence electrons. The predicted octanol–water partition coefficient (Wildman–Crippen LogP) is 2.63. The summed E-state index contributed by atoms with van der Waals surface area (Å²) in [5.74, 6) is 2.24. The van der Waals surface area contributed by atoms with Crippen LogP contribution in [-0.4, -0.2) is 22.3 Å². The first-order valence-corrected chi connectivity index (χ1v) is 6.67. The van der Waals surface area contributed by atoms with Crippen molar-refractivity contribution in [3.05, 3.63) is 10.4 Å². The van der Waals surface area contributed by atoms with E-state index in [9.17, 15) is 4.21 Å². The largest absolute Gasteiger partial charge is 0.260 e. The second-order valence-corrected chi connectivity index (χ2v) is 5.39. The average molecular weight is 215 g/mol. The summed E-state index contributed by atoms with van der Waals surface area (Å²) in [4.78, 5) is 2.66. The van der Waals surface area contributed by atoms with Gasteiger partial charge in [-0.3, -0.25) is 4.21 Å². The van der Waals surface area contributed by atoms with Gasteiger partial charge in [0.15, 0.2) is 0 Å². The summed E-state index contributed by atoms with van der Waals surface area (Å²) in [6.07, 6.45) is 5.87. The van der Waals surface area contributed by atoms with E-state index in [4.69, 9.17) is 5.53 Å². The van der Waals surface area contributed by atoms with E-state index in [1.165, 1.54) is 25.7 Å². The second-order valence-electron chi connectivity index (χ2n) is 3.77. The summed E-state index contributed by atoms with van der Waals surface area (Å²) in [7, 11) is -0.697. The molecular formula is C9H17N3OS. The van der Waals surface area contributed by atoms with Crippen molar-refractivity contribution in [1.29, 1.82) is 0 Å². The molecule has 0 aromatic carbocycles. The van der Waals surface area contributed by atoms with Gasteiger partial charge in [0.1, 0.15) is 0 Å². The lowest BCUT2D eigenvalue weighted by Crippen LogP contribution is -2.11. The van der Waals surface area contributed by atoms with Gasteiger partial charge >= 0.3 is 0 Å². The van der Waals surface area contributed by atoms with Crippen LogP contribution in [0.15, 0.2) is 5.11 Å². The van der Waals surface area contributed by atoms with E-state index >= 15 is 0 Å². The number of rotatable bonds is 6. The molecule has 1 aliphatic rings. The molecule has 1 atom stereocenters. The van der Waals surface area contributed by atoms with E-state index in [-0.39, 0.29) is 0 Å². The number of nitrogens with zero attached hydrogens (tertiary/aromatic N) is 3. The minimum Gasteiger partial charge on any atom is -0.260 e. The molecule has 0 aliphatic heterocycles. The molecule has 1 fully saturated rings. The quantitative estimate of drug-likeness (QED) is 0.291. The van der Waals surface area contributed by atoms with Crippen LogP contribution in [0.25, 0.3) is 10.4 Å². The monoisotopic (exact) mass is 215 g/mol. The van der Waals surface area contributed by atoms with Crippen LogP contribution < -0.4 is 0 Å². The maximum Gasteiger partial charge on any atom is 0.0266 e. The van der Waals surface area contributed by atoms with Crippen molar-refractivity contribution in [3.63, 3.8) is 0 Å². The van der Waals surface area contributed by atoms with Gasteiger partial charge in [0, 0.05) is 33.8 Å². The lowest BCUT2D eigenvalue weighted by Gasteiger charge is -2.07. The number of azide groups is 1. The highest BCUT2D eigenvalue weighted by atomic mass is 32.2. The highest BCUT2D eigenvalue weighted by molar-refractivity contribution is 7.84. The highest BCUT2D eigenvalue weighted by Gasteiger charge is 2.17. The molecule has 0 radical (unpaired) electrons. The minimum atomic E-state index is -0.697. The van der Waals surface area contributed by atoms with Gasteiger partial charge in [-0.25, -0.2) is 0 Å². The molecule has 5 heteroatoms. The van der Waals surface area contributed by atoms with Crippen molar-refractivity contribution in [1.82, 2.24) is 0 Å². The Kier molecular flexibility index (Phi) is 5.64. The molecule has 0 amide bonds. The number of hydrogen-bond donors (Lipinski definition) is 0. The molecule has 1 saturated carbocycles. The second kappa shape index (κ2) is 6.85. The minimum absolute atomic E-state index is 0.479. The summed E-state index contributed by atoms with van der Waals surface area (Å²) in [6, 6.07) is 0. The third-order valence-electron chi connectivity index (χ3n) is 2.59. The van der Waals surface area contributed by atoms with Gasteiger partial charge in [-0.1, -0.05) is 18.0 Å². The summed E-state index contributed by atoms with van der Waals surface area (Å²) in [5.41, 5.74) is 8.04. The van der Waals surface area contributed by atoms with Gasteiger partial charge in [0.05, 0.1) is 0 Å². The van der Waals surface area contributed by atoms with Gasteiger partial charge in [-0.2, -0.15) is 0 Å². The Bertz CT molecular complexity index is 232. The molecule has 0 spiro atoms. The third kappa shape index (κ3) is 4.63. The standard InChI is InChI=1S/C9H17N3OS/c10-12-11-6-3-7-14(13)8-9-4-1-2-5-9/h9H,1-8H2. The molecule has 0 aromatic heterocycles. The molecular weight excluding hydrogens is 198 g/mol. The first kappa shape index (κ1) is 11.5. The Morgan fingerprint density at radius 3 is 2.79 bits per heavy atom. The van der Waals surface area contributed by atoms with Crippen LogP contribution in [-0.2, 0) is 10.8 Å². The maximum atomic E-state index is 11.5. The van der Waals surface area contributed by atoms with Crippen LogP contribution in [0.2, 0.25) is 0 Å². The van der Waals surface area contributed by atoms with Crippen LogP contribution in [0, 0.1) is 5.92 Å². The fourth-order valence-electron chi connectivity index (χ4n) is 1.86. The molecule has 1 rings (SSSR count). The van der Waals surface area contributed by atoms with E-state index in [0.29, 0.717) is 18.2 Å². The van der Waals surface area contributed by atoms with Crippen molar-refractivity contribution < 1.29 is 4.21 Å². The molecule has 0 saturated heterocycles. The van der Waals surface area contributed by atoms with Crippen LogP contribution in [0.3, 0.4) is 0 Å². The molecule has 4 nitrogen and oxygen atoms in total. The first-order chi connectivity index (χ1) is 6.83. The SMILES string of the molecule is [N-]=[N+]=NCCCS(=O)CC1CCCC1. The summed E-state index contributed by atoms with van der Waals surface area (Å²) < 4.78 is 11.5. The van der Waals surface area contributed by atoms with E-state index in [2.05, 4.69) is 10.0 Å². The molecule has 0 aromatic rings. The van der Waals surface area contributed by atoms with Crippen molar-refractivity contribution in [2.75, 3.05) is 18.1 Å². The van der Waals surface area contributed by atoms with Gasteiger partial charge in [-0.15, -0.1) is 0 Å². The smallest absolute Gasteiger partial charge is 0.0266 e. The van der Waals surface area contributed by atoms with Crippen molar-refractivity contribution in [2.45, 2.75) is 32.1 Å². The lowest BCUT2D eigenvalue weighted by molar-refractivity contribution is 0.603. The summed E-state index contributed by atoms with van der Waals surface area (Å²) >= 11 is 0. The van der Waals surface area contributed by atoms with Crippen molar-refractivity contribution >= 4 is 10.8 Å². The zero-order valence-corrected chi connectivity index (χ0v) is 9.21. The van der Waals surface area contributed by atoms with E-state index in [1.807, 2.05) is 0 Å². The zero-order chi connectivity index (χ0) is 10.2. The van der Waals surface area contributed by atoms with E-state index in [0.717, 1.165) is 12.2 Å². The summed E-state index contributed by atoms with van der Waals surface area (Å²) in [5, 5.41) is 3.42. The Labute approximate surface area is 87.2 Å². The van der Waals surface area contributed by atoms with Crippen LogP contribution in [0.5, 0.6) is 0 Å². The number of hydrogen-bond acceptors (Lipinski definition) is 2. The fourth-order valence-corrected chi connectivity index (χ4v) is 3.34. The fraction of sp³-hybridized carbons (Fsp3) is 1.00. The molecule has 0 N–H and O–H groups in total. The lowest BCUT2D eigenvalue weighted by atomic mass is 10.1. The van der Waals surface area contributed by atoms with Crippen LogP contribution >= 0.6 is 0 Å². The van der Waals surface area contributed by atoms with Gasteiger partial charge < -0.3 is 0 Å². The molecule has 0 heterocycles. The van der Waals surface area contributed by atoms with Crippen LogP contribution in [0.4, 0.5) is 0 Å². The predicted molar refractivity (Wildman–Crippen MR) is 58.5 cm³/mol. The normalized spacial score (nSPS) is 19.1. The van der Waals surface area contributed by atoms with Crippen molar-refractivity contribution in [2.24, 2.45) is 11.0 Å². The van der Waals surface area contributed by atoms with Gasteiger partial charge in [0.25, 0.3) is 0 Å². The zero-order valence-electron chi connectivity index (χ0n) is 8.39. The van der Waals surface area contributed by atoms with E-state index < -0.39 is 10.8 Å². The average Bonchev–Trinajstić information content (AvgIpc) is 2.65. The molecule has 0 bridgehead atoms. The van der Waals surface area contributed by atoms with Gasteiger partial charge in [-0.05, 0) is 30.7 Å². The Morgan fingerprint density at radius 2 is 2.14 bits per heavy atom. The van der Waals surface area contributed by atoms with Gasteiger partial charge in [0.2, 0.25) is 0 Å². The Balaban J connectivity index is 2.06. The Hall–Kier alpha value is -0.540. The Morgan fingerprint density at radius 1 is 1.43 bits per heavy atom. The first-order valence-electron chi connectivity index (χ1n) is 5.18. The topological polar surface area (TPSA) is 65.8 Å². The molecule has 1 aliphatic carbocycles.